The van der Waals surface area contributed by atoms with Gasteiger partial charge in [0.25, 0.3) is 0 Å². The van der Waals surface area contributed by atoms with E-state index in [4.69, 9.17) is 14.7 Å². The van der Waals surface area contributed by atoms with Crippen molar-refractivity contribution in [2.45, 2.75) is 69.9 Å². The SMILES string of the molecule is CCC(C)=C/C=C1/N=C(Nc2cc(C)c(C3CCNCC3)cc2OC)N=C(Nc2ccccc2SC(C)C)N1C. The van der Waals surface area contributed by atoms with Crippen molar-refractivity contribution >= 4 is 35.1 Å². The predicted octanol–water partition coefficient (Wildman–Crippen LogP) is 7.35. The number of thioether (sulfide) groups is 1. The van der Waals surface area contributed by atoms with Crippen LogP contribution < -0.4 is 20.7 Å². The summed E-state index contributed by atoms with van der Waals surface area (Å²) in [6, 6.07) is 12.7. The van der Waals surface area contributed by atoms with Gasteiger partial charge in [0.15, 0.2) is 0 Å². The summed E-state index contributed by atoms with van der Waals surface area (Å²) < 4.78 is 5.86. The second-order valence-electron chi connectivity index (χ2n) is 10.7. The molecule has 0 spiro atoms. The van der Waals surface area contributed by atoms with Crippen LogP contribution in [0.15, 0.2) is 74.8 Å². The zero-order valence-electron chi connectivity index (χ0n) is 25.0. The maximum absolute atomic E-state index is 5.86. The van der Waals surface area contributed by atoms with Crippen LogP contribution in [0.25, 0.3) is 0 Å². The molecule has 2 aromatic rings. The molecule has 40 heavy (non-hydrogen) atoms. The topological polar surface area (TPSA) is 73.3 Å². The number of rotatable bonds is 8. The van der Waals surface area contributed by atoms with Gasteiger partial charge in [-0.05, 0) is 93.6 Å². The molecular formula is C32H44N6OS. The number of para-hydroxylation sites is 1. The van der Waals surface area contributed by atoms with E-state index in [1.165, 1.54) is 21.6 Å². The molecule has 0 atom stereocenters. The lowest BCUT2D eigenvalue weighted by Crippen LogP contribution is -2.37. The van der Waals surface area contributed by atoms with Gasteiger partial charge in [-0.1, -0.05) is 44.6 Å². The van der Waals surface area contributed by atoms with Crippen molar-refractivity contribution in [1.29, 1.82) is 0 Å². The first-order valence-corrected chi connectivity index (χ1v) is 15.1. The summed E-state index contributed by atoms with van der Waals surface area (Å²) in [5.41, 5.74) is 5.78. The molecule has 0 bridgehead atoms. The number of ether oxygens (including phenoxy) is 1. The first-order chi connectivity index (χ1) is 19.3. The second-order valence-corrected chi connectivity index (χ2v) is 12.3. The highest BCUT2D eigenvalue weighted by molar-refractivity contribution is 8.00. The molecule has 0 radical (unpaired) electrons. The summed E-state index contributed by atoms with van der Waals surface area (Å²) in [6.07, 6.45) is 7.45. The Morgan fingerprint density at radius 2 is 1.90 bits per heavy atom. The lowest BCUT2D eigenvalue weighted by molar-refractivity contribution is 0.413. The average Bonchev–Trinajstić information content (AvgIpc) is 2.95. The molecular weight excluding hydrogens is 516 g/mol. The molecule has 8 heteroatoms. The Morgan fingerprint density at radius 3 is 2.60 bits per heavy atom. The fraction of sp³-hybridized carbons (Fsp3) is 0.438. The summed E-state index contributed by atoms with van der Waals surface area (Å²) in [4.78, 5) is 13.0. The highest BCUT2D eigenvalue weighted by Gasteiger charge is 2.23. The summed E-state index contributed by atoms with van der Waals surface area (Å²) in [5, 5.41) is 11.0. The van der Waals surface area contributed by atoms with Crippen molar-refractivity contribution in [2.75, 3.05) is 37.9 Å². The number of benzene rings is 2. The number of guanidine groups is 2. The van der Waals surface area contributed by atoms with Gasteiger partial charge in [0.1, 0.15) is 11.6 Å². The van der Waals surface area contributed by atoms with Gasteiger partial charge < -0.3 is 20.7 Å². The molecule has 0 saturated carbocycles. The predicted molar refractivity (Wildman–Crippen MR) is 172 cm³/mol. The zero-order valence-corrected chi connectivity index (χ0v) is 25.8. The first kappa shape index (κ1) is 29.7. The van der Waals surface area contributed by atoms with Crippen molar-refractivity contribution < 1.29 is 4.74 Å². The molecule has 0 aromatic heterocycles. The maximum atomic E-state index is 5.86. The number of methoxy groups -OCH3 is 1. The number of nitrogens with one attached hydrogen (secondary N) is 3. The minimum Gasteiger partial charge on any atom is -0.495 e. The third-order valence-corrected chi connectivity index (χ3v) is 8.36. The zero-order chi connectivity index (χ0) is 28.6. The summed E-state index contributed by atoms with van der Waals surface area (Å²) >= 11 is 1.83. The number of hydrogen-bond acceptors (Lipinski definition) is 8. The Kier molecular flexibility index (Phi) is 10.3. The number of hydrogen-bond donors (Lipinski definition) is 3. The van der Waals surface area contributed by atoms with Crippen LogP contribution in [0.1, 0.15) is 64.0 Å². The Bertz CT molecular complexity index is 1310. The van der Waals surface area contributed by atoms with Gasteiger partial charge in [-0.15, -0.1) is 11.8 Å². The highest BCUT2D eigenvalue weighted by atomic mass is 32.2. The van der Waals surface area contributed by atoms with Gasteiger partial charge in [-0.3, -0.25) is 4.90 Å². The van der Waals surface area contributed by atoms with E-state index in [0.29, 0.717) is 23.1 Å². The molecule has 2 aromatic carbocycles. The number of aliphatic imine (C=N–C) groups is 2. The van der Waals surface area contributed by atoms with Gasteiger partial charge in [0.05, 0.1) is 18.5 Å². The molecule has 3 N–H and O–H groups in total. The van der Waals surface area contributed by atoms with Gasteiger partial charge >= 0.3 is 0 Å². The van der Waals surface area contributed by atoms with E-state index < -0.39 is 0 Å². The molecule has 0 amide bonds. The number of aryl methyl sites for hydroxylation is 1. The van der Waals surface area contributed by atoms with Crippen LogP contribution in [0.5, 0.6) is 5.75 Å². The van der Waals surface area contributed by atoms with Crippen LogP contribution in [-0.2, 0) is 0 Å². The van der Waals surface area contributed by atoms with Crippen molar-refractivity contribution in [3.05, 3.63) is 71.1 Å². The number of nitrogens with zero attached hydrogens (tertiary/aromatic N) is 3. The lowest BCUT2D eigenvalue weighted by atomic mass is 9.87. The molecule has 2 heterocycles. The number of piperidine rings is 1. The minimum absolute atomic E-state index is 0.467. The van der Waals surface area contributed by atoms with Crippen molar-refractivity contribution in [2.24, 2.45) is 9.98 Å². The Labute approximate surface area is 244 Å². The largest absolute Gasteiger partial charge is 0.495 e. The van der Waals surface area contributed by atoms with E-state index in [1.54, 1.807) is 7.11 Å². The normalized spacial score (nSPS) is 17.6. The Balaban J connectivity index is 1.69. The van der Waals surface area contributed by atoms with E-state index in [2.05, 4.69) is 87.0 Å². The number of allylic oxidation sites excluding steroid dienone is 3. The van der Waals surface area contributed by atoms with Crippen LogP contribution in [-0.4, -0.2) is 49.3 Å². The van der Waals surface area contributed by atoms with Crippen LogP contribution in [0.3, 0.4) is 0 Å². The summed E-state index contributed by atoms with van der Waals surface area (Å²) in [5.74, 6) is 3.35. The van der Waals surface area contributed by atoms with Crippen LogP contribution >= 0.6 is 11.8 Å². The number of anilines is 2. The smallest absolute Gasteiger partial charge is 0.232 e. The molecule has 1 saturated heterocycles. The first-order valence-electron chi connectivity index (χ1n) is 14.3. The van der Waals surface area contributed by atoms with Gasteiger partial charge in [0.2, 0.25) is 11.9 Å². The minimum atomic E-state index is 0.467. The van der Waals surface area contributed by atoms with E-state index >= 15 is 0 Å². The standard InChI is InChI=1S/C32H44N6OS/c1-8-22(4)13-14-30-36-31(37-32(38(30)6)35-26-11-9-10-12-29(26)40-21(2)3)34-27-19-23(5)25(20-28(27)39-7)24-15-17-33-18-16-24/h9-14,19-21,24,33H,8,15-18H2,1-7H3,(H2,34,35,36,37)/b22-13?,30-14-. The van der Waals surface area contributed by atoms with Crippen molar-refractivity contribution in [3.63, 3.8) is 0 Å². The third kappa shape index (κ3) is 7.49. The van der Waals surface area contributed by atoms with E-state index in [9.17, 15) is 0 Å². The fourth-order valence-electron chi connectivity index (χ4n) is 4.85. The van der Waals surface area contributed by atoms with Gasteiger partial charge in [-0.25, -0.2) is 0 Å². The fourth-order valence-corrected chi connectivity index (χ4v) is 5.77. The Hall–Kier alpha value is -3.23. The molecule has 4 rings (SSSR count). The molecule has 7 nitrogen and oxygen atoms in total. The average molecular weight is 561 g/mol. The third-order valence-electron chi connectivity index (χ3n) is 7.28. The second kappa shape index (κ2) is 13.9. The summed E-state index contributed by atoms with van der Waals surface area (Å²) in [6.45, 7) is 13.0. The molecule has 1 fully saturated rings. The van der Waals surface area contributed by atoms with Crippen LogP contribution in [0, 0.1) is 6.92 Å². The van der Waals surface area contributed by atoms with Crippen LogP contribution in [0.4, 0.5) is 11.4 Å². The van der Waals surface area contributed by atoms with E-state index in [-0.39, 0.29) is 0 Å². The van der Waals surface area contributed by atoms with E-state index in [0.717, 1.165) is 55.3 Å². The molecule has 0 aliphatic carbocycles. The summed E-state index contributed by atoms with van der Waals surface area (Å²) in [7, 11) is 3.71. The molecule has 2 aliphatic heterocycles. The monoisotopic (exact) mass is 560 g/mol. The Morgan fingerprint density at radius 1 is 1.15 bits per heavy atom. The molecule has 214 valence electrons. The maximum Gasteiger partial charge on any atom is 0.232 e. The van der Waals surface area contributed by atoms with Crippen molar-refractivity contribution in [3.8, 4) is 5.75 Å². The van der Waals surface area contributed by atoms with Gasteiger partial charge in [0, 0.05) is 17.2 Å². The highest BCUT2D eigenvalue weighted by Crippen LogP contribution is 2.36. The molecule has 2 aliphatic rings. The van der Waals surface area contributed by atoms with Gasteiger partial charge in [-0.2, -0.15) is 9.98 Å². The van der Waals surface area contributed by atoms with Crippen LogP contribution in [0.2, 0.25) is 0 Å². The molecule has 0 unspecified atom stereocenters. The quantitative estimate of drug-likeness (QED) is 0.293. The van der Waals surface area contributed by atoms with E-state index in [1.807, 2.05) is 35.9 Å². The van der Waals surface area contributed by atoms with Crippen molar-refractivity contribution in [1.82, 2.24) is 10.2 Å². The lowest BCUT2D eigenvalue weighted by Gasteiger charge is -2.28.